The summed E-state index contributed by atoms with van der Waals surface area (Å²) in [6, 6.07) is 8.21. The summed E-state index contributed by atoms with van der Waals surface area (Å²) in [6.07, 6.45) is 2.11. The maximum Gasteiger partial charge on any atom is 0.318 e. The Morgan fingerprint density at radius 3 is 2.78 bits per heavy atom. The monoisotopic (exact) mass is 375 g/mol. The van der Waals surface area contributed by atoms with Crippen LogP contribution in [0, 0.1) is 12.8 Å². The van der Waals surface area contributed by atoms with Gasteiger partial charge in [0.25, 0.3) is 0 Å². The number of nitrogens with one attached hydrogen (secondary N) is 1. The van der Waals surface area contributed by atoms with E-state index in [-0.39, 0.29) is 24.7 Å². The number of carboxylic acids is 1. The minimum absolute atomic E-state index is 0.0386. The number of carboxylic acid groups (broad SMARTS) is 1. The highest BCUT2D eigenvalue weighted by Crippen LogP contribution is 2.41. The first-order valence-corrected chi connectivity index (χ1v) is 9.57. The number of likely N-dealkylation sites (N-methyl/N-ethyl adjacent to an activating group) is 1. The van der Waals surface area contributed by atoms with E-state index in [0.717, 1.165) is 12.8 Å². The molecule has 1 saturated heterocycles. The van der Waals surface area contributed by atoms with E-state index < -0.39 is 5.97 Å². The number of aliphatic carboxylic acids is 1. The normalized spacial score (nSPS) is 21.1. The molecule has 2 N–H and O–H groups in total. The summed E-state index contributed by atoms with van der Waals surface area (Å²) in [5.74, 6) is -0.359. The summed E-state index contributed by atoms with van der Waals surface area (Å²) in [5.41, 5.74) is 2.39. The molecule has 0 radical (unpaired) electrons. The van der Waals surface area contributed by atoms with Crippen molar-refractivity contribution < 1.29 is 19.4 Å². The second-order valence-electron chi connectivity index (χ2n) is 7.65. The number of rotatable bonds is 7. The number of benzene rings is 1. The Labute approximate surface area is 160 Å². The van der Waals surface area contributed by atoms with Gasteiger partial charge in [-0.2, -0.15) is 0 Å². The highest BCUT2D eigenvalue weighted by molar-refractivity contribution is 5.75. The summed E-state index contributed by atoms with van der Waals surface area (Å²) in [4.78, 5) is 27.2. The van der Waals surface area contributed by atoms with Gasteiger partial charge < -0.3 is 20.1 Å². The summed E-state index contributed by atoms with van der Waals surface area (Å²) >= 11 is 0. The van der Waals surface area contributed by atoms with Crippen LogP contribution >= 0.6 is 0 Å². The first-order valence-electron chi connectivity index (χ1n) is 9.57. The fourth-order valence-electron chi connectivity index (χ4n) is 3.70. The molecule has 2 atom stereocenters. The van der Waals surface area contributed by atoms with Crippen molar-refractivity contribution in [2.75, 3.05) is 39.8 Å². The molecule has 2 unspecified atom stereocenters. The SMILES string of the molecule is Cc1ccccc1C(NC(=O)N1CCOC(CN(C)CC(=O)O)C1)C1CC1. The molecule has 1 saturated carbocycles. The average Bonchev–Trinajstić information content (AvgIpc) is 3.44. The number of nitrogens with zero attached hydrogens (tertiary/aromatic N) is 2. The molecule has 2 amide bonds. The van der Waals surface area contributed by atoms with E-state index in [1.54, 1.807) is 16.8 Å². The van der Waals surface area contributed by atoms with Gasteiger partial charge in [-0.05, 0) is 43.9 Å². The minimum atomic E-state index is -0.867. The van der Waals surface area contributed by atoms with Crippen LogP contribution in [-0.2, 0) is 9.53 Å². The molecular formula is C20H29N3O4. The van der Waals surface area contributed by atoms with E-state index in [0.29, 0.717) is 32.2 Å². The number of carbonyl (C=O) groups is 2. The number of hydrogen-bond acceptors (Lipinski definition) is 4. The van der Waals surface area contributed by atoms with E-state index in [4.69, 9.17) is 9.84 Å². The van der Waals surface area contributed by atoms with Crippen LogP contribution in [-0.4, -0.2) is 72.8 Å². The highest BCUT2D eigenvalue weighted by atomic mass is 16.5. The first kappa shape index (κ1) is 19.6. The van der Waals surface area contributed by atoms with Crippen LogP contribution < -0.4 is 5.32 Å². The van der Waals surface area contributed by atoms with Crippen LogP contribution in [0.3, 0.4) is 0 Å². The number of amides is 2. The number of carbonyl (C=O) groups excluding carboxylic acids is 1. The van der Waals surface area contributed by atoms with E-state index in [1.165, 1.54) is 11.1 Å². The van der Waals surface area contributed by atoms with Gasteiger partial charge in [-0.1, -0.05) is 24.3 Å². The van der Waals surface area contributed by atoms with E-state index >= 15 is 0 Å². The van der Waals surface area contributed by atoms with Gasteiger partial charge in [0.15, 0.2) is 0 Å². The van der Waals surface area contributed by atoms with Crippen LogP contribution in [0.2, 0.25) is 0 Å². The molecule has 1 aliphatic heterocycles. The van der Waals surface area contributed by atoms with Gasteiger partial charge in [-0.3, -0.25) is 9.69 Å². The maximum atomic E-state index is 12.9. The van der Waals surface area contributed by atoms with E-state index in [1.807, 2.05) is 12.1 Å². The van der Waals surface area contributed by atoms with Crippen LogP contribution in [0.15, 0.2) is 24.3 Å². The summed E-state index contributed by atoms with van der Waals surface area (Å²) in [7, 11) is 1.75. The Bertz CT molecular complexity index is 677. The van der Waals surface area contributed by atoms with Crippen molar-refractivity contribution in [2.24, 2.45) is 5.92 Å². The zero-order valence-corrected chi connectivity index (χ0v) is 16.1. The molecule has 2 aliphatic rings. The zero-order chi connectivity index (χ0) is 19.4. The first-order chi connectivity index (χ1) is 12.9. The van der Waals surface area contributed by atoms with Crippen molar-refractivity contribution in [3.8, 4) is 0 Å². The van der Waals surface area contributed by atoms with Gasteiger partial charge in [-0.15, -0.1) is 0 Å². The summed E-state index contributed by atoms with van der Waals surface area (Å²) < 4.78 is 5.72. The van der Waals surface area contributed by atoms with Crippen molar-refractivity contribution in [1.82, 2.24) is 15.1 Å². The molecule has 3 rings (SSSR count). The molecule has 7 nitrogen and oxygen atoms in total. The van der Waals surface area contributed by atoms with Gasteiger partial charge in [0, 0.05) is 19.6 Å². The molecule has 7 heteroatoms. The van der Waals surface area contributed by atoms with Gasteiger partial charge >= 0.3 is 12.0 Å². The Hall–Kier alpha value is -2.12. The van der Waals surface area contributed by atoms with Crippen LogP contribution in [0.1, 0.15) is 30.0 Å². The van der Waals surface area contributed by atoms with Crippen molar-refractivity contribution in [2.45, 2.75) is 31.9 Å². The second kappa shape index (κ2) is 8.71. The lowest BCUT2D eigenvalue weighted by molar-refractivity contribution is -0.138. The van der Waals surface area contributed by atoms with Gasteiger partial charge in [-0.25, -0.2) is 4.79 Å². The number of morpholine rings is 1. The third-order valence-corrected chi connectivity index (χ3v) is 5.24. The quantitative estimate of drug-likeness (QED) is 0.760. The predicted octanol–water partition coefficient (Wildman–Crippen LogP) is 1.87. The molecule has 0 bridgehead atoms. The molecular weight excluding hydrogens is 346 g/mol. The number of aryl methyl sites for hydroxylation is 1. The average molecular weight is 375 g/mol. The van der Waals surface area contributed by atoms with E-state index in [2.05, 4.69) is 24.4 Å². The van der Waals surface area contributed by atoms with E-state index in [9.17, 15) is 9.59 Å². The third-order valence-electron chi connectivity index (χ3n) is 5.24. The van der Waals surface area contributed by atoms with Crippen LogP contribution in [0.5, 0.6) is 0 Å². The summed E-state index contributed by atoms with van der Waals surface area (Å²) in [6.45, 7) is 4.03. The van der Waals surface area contributed by atoms with Gasteiger partial charge in [0.2, 0.25) is 0 Å². The molecule has 0 spiro atoms. The maximum absolute atomic E-state index is 12.9. The Morgan fingerprint density at radius 2 is 2.11 bits per heavy atom. The number of hydrogen-bond donors (Lipinski definition) is 2. The van der Waals surface area contributed by atoms with Crippen LogP contribution in [0.4, 0.5) is 4.79 Å². The van der Waals surface area contributed by atoms with Crippen molar-refractivity contribution in [3.05, 3.63) is 35.4 Å². The largest absolute Gasteiger partial charge is 0.480 e. The molecule has 27 heavy (non-hydrogen) atoms. The Morgan fingerprint density at radius 1 is 1.37 bits per heavy atom. The van der Waals surface area contributed by atoms with Crippen LogP contribution in [0.25, 0.3) is 0 Å². The lowest BCUT2D eigenvalue weighted by Gasteiger charge is -2.35. The minimum Gasteiger partial charge on any atom is -0.480 e. The molecule has 0 aromatic heterocycles. The Kier molecular flexibility index (Phi) is 6.34. The van der Waals surface area contributed by atoms with Crippen molar-refractivity contribution in [3.63, 3.8) is 0 Å². The third kappa shape index (κ3) is 5.43. The second-order valence-corrected chi connectivity index (χ2v) is 7.65. The molecule has 1 aromatic carbocycles. The Balaban J connectivity index is 1.59. The molecule has 148 valence electrons. The number of ether oxygens (including phenoxy) is 1. The molecule has 2 fully saturated rings. The highest BCUT2D eigenvalue weighted by Gasteiger charge is 2.35. The smallest absolute Gasteiger partial charge is 0.318 e. The van der Waals surface area contributed by atoms with Gasteiger partial charge in [0.05, 0.1) is 25.3 Å². The lowest BCUT2D eigenvalue weighted by atomic mass is 9.98. The topological polar surface area (TPSA) is 82.1 Å². The fourth-order valence-corrected chi connectivity index (χ4v) is 3.70. The van der Waals surface area contributed by atoms with Crippen molar-refractivity contribution >= 4 is 12.0 Å². The predicted molar refractivity (Wildman–Crippen MR) is 102 cm³/mol. The molecule has 1 aliphatic carbocycles. The fraction of sp³-hybridized carbons (Fsp3) is 0.600. The molecule has 1 heterocycles. The zero-order valence-electron chi connectivity index (χ0n) is 16.1. The lowest BCUT2D eigenvalue weighted by Crippen LogP contribution is -2.53. The number of urea groups is 1. The van der Waals surface area contributed by atoms with Gasteiger partial charge in [0.1, 0.15) is 0 Å². The molecule has 1 aromatic rings. The summed E-state index contributed by atoms with van der Waals surface area (Å²) in [5, 5.41) is 12.1. The standard InChI is InChI=1S/C20H29N3O4/c1-14-5-3-4-6-17(14)19(15-7-8-15)21-20(26)23-9-10-27-16(12-23)11-22(2)13-18(24)25/h3-6,15-16,19H,7-13H2,1-2H3,(H,21,26)(H,24,25). The van der Waals surface area contributed by atoms with Crippen molar-refractivity contribution in [1.29, 1.82) is 0 Å².